The van der Waals surface area contributed by atoms with Crippen molar-refractivity contribution in [3.8, 4) is 0 Å². The summed E-state index contributed by atoms with van der Waals surface area (Å²) in [5, 5.41) is 13.0. The molecular weight excluding hydrogens is 186 g/mol. The minimum atomic E-state index is -0.0845. The van der Waals surface area contributed by atoms with Gasteiger partial charge in [0, 0.05) is 6.04 Å². The number of rotatable bonds is 7. The Hall–Kier alpha value is -0.0800. The Kier molecular flexibility index (Phi) is 6.26. The average molecular weight is 213 g/mol. The van der Waals surface area contributed by atoms with Crippen LogP contribution in [0.15, 0.2) is 0 Å². The number of nitrogens with one attached hydrogen (secondary N) is 1. The Labute approximate surface area is 94.5 Å². The molecule has 0 heterocycles. The molecular formula is C13H27NO. The molecule has 1 fully saturated rings. The first-order valence-corrected chi connectivity index (χ1v) is 6.67. The van der Waals surface area contributed by atoms with Crippen LogP contribution in [-0.2, 0) is 0 Å². The second-order valence-electron chi connectivity index (χ2n) is 4.94. The first-order chi connectivity index (χ1) is 7.26. The van der Waals surface area contributed by atoms with Crippen molar-refractivity contribution in [2.24, 2.45) is 5.92 Å². The minimum Gasteiger partial charge on any atom is -0.393 e. The van der Waals surface area contributed by atoms with Crippen LogP contribution in [0.3, 0.4) is 0 Å². The standard InChI is InChI=1S/C13H27NO/c1-3-11-7-8-12(10-11)14-9-5-6-13(15)4-2/h11-15H,3-10H2,1-2H3. The molecule has 0 amide bonds. The van der Waals surface area contributed by atoms with Crippen LogP contribution in [-0.4, -0.2) is 23.8 Å². The van der Waals surface area contributed by atoms with Crippen molar-refractivity contribution < 1.29 is 5.11 Å². The molecule has 1 aliphatic rings. The molecule has 0 aliphatic heterocycles. The van der Waals surface area contributed by atoms with E-state index in [0.717, 1.165) is 37.8 Å². The lowest BCUT2D eigenvalue weighted by molar-refractivity contribution is 0.157. The SMILES string of the molecule is CCC(O)CCCNC1CCC(CC)C1. The third-order valence-electron chi connectivity index (χ3n) is 3.74. The number of aliphatic hydroxyl groups excluding tert-OH is 1. The van der Waals surface area contributed by atoms with E-state index in [2.05, 4.69) is 12.2 Å². The molecule has 0 aromatic carbocycles. The van der Waals surface area contributed by atoms with Gasteiger partial charge in [-0.1, -0.05) is 20.3 Å². The predicted octanol–water partition coefficient (Wildman–Crippen LogP) is 2.71. The van der Waals surface area contributed by atoms with Crippen LogP contribution in [0.1, 0.15) is 58.8 Å². The van der Waals surface area contributed by atoms with Crippen molar-refractivity contribution in [1.82, 2.24) is 5.32 Å². The second-order valence-corrected chi connectivity index (χ2v) is 4.94. The summed E-state index contributed by atoms with van der Waals surface area (Å²) in [5.74, 6) is 0.962. The van der Waals surface area contributed by atoms with E-state index in [1.807, 2.05) is 6.92 Å². The highest BCUT2D eigenvalue weighted by molar-refractivity contribution is 4.79. The van der Waals surface area contributed by atoms with E-state index < -0.39 is 0 Å². The first kappa shape index (κ1) is 13.0. The third-order valence-corrected chi connectivity index (χ3v) is 3.74. The van der Waals surface area contributed by atoms with Gasteiger partial charge in [0.15, 0.2) is 0 Å². The fraction of sp³-hybridized carbons (Fsp3) is 1.00. The summed E-state index contributed by atoms with van der Waals surface area (Å²) in [6.45, 7) is 5.42. The van der Waals surface area contributed by atoms with E-state index in [1.54, 1.807) is 0 Å². The highest BCUT2D eigenvalue weighted by Crippen LogP contribution is 2.27. The summed E-state index contributed by atoms with van der Waals surface area (Å²) < 4.78 is 0. The van der Waals surface area contributed by atoms with Crippen LogP contribution < -0.4 is 5.32 Å². The lowest BCUT2D eigenvalue weighted by Crippen LogP contribution is -2.28. The summed E-state index contributed by atoms with van der Waals surface area (Å²) in [4.78, 5) is 0. The van der Waals surface area contributed by atoms with E-state index in [-0.39, 0.29) is 6.10 Å². The molecule has 0 radical (unpaired) electrons. The summed E-state index contributed by atoms with van der Waals surface area (Å²) in [6, 6.07) is 0.758. The van der Waals surface area contributed by atoms with E-state index in [9.17, 15) is 5.11 Å². The smallest absolute Gasteiger partial charge is 0.0538 e. The van der Waals surface area contributed by atoms with Gasteiger partial charge in [0.05, 0.1) is 6.10 Å². The van der Waals surface area contributed by atoms with Crippen LogP contribution in [0.2, 0.25) is 0 Å². The van der Waals surface area contributed by atoms with Crippen LogP contribution >= 0.6 is 0 Å². The molecule has 2 heteroatoms. The molecule has 1 aliphatic carbocycles. The highest BCUT2D eigenvalue weighted by atomic mass is 16.3. The molecule has 0 aromatic rings. The van der Waals surface area contributed by atoms with E-state index in [1.165, 1.54) is 25.7 Å². The van der Waals surface area contributed by atoms with Gasteiger partial charge in [-0.2, -0.15) is 0 Å². The lowest BCUT2D eigenvalue weighted by atomic mass is 10.1. The van der Waals surface area contributed by atoms with Crippen LogP contribution in [0.5, 0.6) is 0 Å². The van der Waals surface area contributed by atoms with Gasteiger partial charge in [-0.15, -0.1) is 0 Å². The molecule has 15 heavy (non-hydrogen) atoms. The van der Waals surface area contributed by atoms with Crippen molar-refractivity contribution in [2.45, 2.75) is 70.9 Å². The second kappa shape index (κ2) is 7.24. The Bertz CT molecular complexity index is 161. The first-order valence-electron chi connectivity index (χ1n) is 6.67. The predicted molar refractivity (Wildman–Crippen MR) is 65.0 cm³/mol. The number of aliphatic hydroxyl groups is 1. The lowest BCUT2D eigenvalue weighted by Gasteiger charge is -2.13. The normalized spacial score (nSPS) is 28.2. The van der Waals surface area contributed by atoms with Gasteiger partial charge in [-0.25, -0.2) is 0 Å². The average Bonchev–Trinajstić information content (AvgIpc) is 2.72. The molecule has 0 spiro atoms. The van der Waals surface area contributed by atoms with Crippen LogP contribution in [0, 0.1) is 5.92 Å². The maximum Gasteiger partial charge on any atom is 0.0538 e. The number of hydrogen-bond acceptors (Lipinski definition) is 2. The molecule has 3 unspecified atom stereocenters. The number of hydrogen-bond donors (Lipinski definition) is 2. The van der Waals surface area contributed by atoms with E-state index >= 15 is 0 Å². The molecule has 1 rings (SSSR count). The van der Waals surface area contributed by atoms with Gasteiger partial charge < -0.3 is 10.4 Å². The molecule has 90 valence electrons. The van der Waals surface area contributed by atoms with Crippen molar-refractivity contribution in [3.05, 3.63) is 0 Å². The van der Waals surface area contributed by atoms with Crippen molar-refractivity contribution in [1.29, 1.82) is 0 Å². The summed E-state index contributed by atoms with van der Waals surface area (Å²) in [6.07, 6.45) is 8.34. The van der Waals surface area contributed by atoms with Gasteiger partial charge in [0.2, 0.25) is 0 Å². The Morgan fingerprint density at radius 2 is 2.13 bits per heavy atom. The molecule has 0 saturated heterocycles. The van der Waals surface area contributed by atoms with Gasteiger partial charge >= 0.3 is 0 Å². The van der Waals surface area contributed by atoms with Crippen molar-refractivity contribution in [3.63, 3.8) is 0 Å². The van der Waals surface area contributed by atoms with Gasteiger partial charge in [-0.05, 0) is 51.0 Å². The largest absolute Gasteiger partial charge is 0.393 e. The Morgan fingerprint density at radius 3 is 2.73 bits per heavy atom. The molecule has 1 saturated carbocycles. The summed E-state index contributed by atoms with van der Waals surface area (Å²) in [5.41, 5.74) is 0. The molecule has 2 N–H and O–H groups in total. The highest BCUT2D eigenvalue weighted by Gasteiger charge is 2.22. The fourth-order valence-electron chi connectivity index (χ4n) is 2.48. The molecule has 0 bridgehead atoms. The molecule has 3 atom stereocenters. The zero-order valence-corrected chi connectivity index (χ0v) is 10.3. The van der Waals surface area contributed by atoms with Crippen molar-refractivity contribution >= 4 is 0 Å². The molecule has 0 aromatic heterocycles. The van der Waals surface area contributed by atoms with Gasteiger partial charge in [0.25, 0.3) is 0 Å². The quantitative estimate of drug-likeness (QED) is 0.637. The van der Waals surface area contributed by atoms with E-state index in [4.69, 9.17) is 0 Å². The zero-order chi connectivity index (χ0) is 11.1. The van der Waals surface area contributed by atoms with Crippen LogP contribution in [0.4, 0.5) is 0 Å². The summed E-state index contributed by atoms with van der Waals surface area (Å²) in [7, 11) is 0. The Balaban J connectivity index is 1.97. The van der Waals surface area contributed by atoms with E-state index in [0.29, 0.717) is 0 Å². The summed E-state index contributed by atoms with van der Waals surface area (Å²) >= 11 is 0. The third kappa shape index (κ3) is 4.98. The maximum absolute atomic E-state index is 9.40. The molecule has 2 nitrogen and oxygen atoms in total. The van der Waals surface area contributed by atoms with Gasteiger partial charge in [-0.3, -0.25) is 0 Å². The topological polar surface area (TPSA) is 32.3 Å². The zero-order valence-electron chi connectivity index (χ0n) is 10.3. The van der Waals surface area contributed by atoms with Crippen LogP contribution in [0.25, 0.3) is 0 Å². The van der Waals surface area contributed by atoms with Gasteiger partial charge in [0.1, 0.15) is 0 Å². The maximum atomic E-state index is 9.40. The monoisotopic (exact) mass is 213 g/mol. The Morgan fingerprint density at radius 1 is 1.33 bits per heavy atom. The fourth-order valence-corrected chi connectivity index (χ4v) is 2.48. The minimum absolute atomic E-state index is 0.0845. The van der Waals surface area contributed by atoms with Crippen molar-refractivity contribution in [2.75, 3.05) is 6.54 Å².